The van der Waals surface area contributed by atoms with Crippen molar-refractivity contribution in [3.8, 4) is 17.1 Å². The molecule has 1 aliphatic rings. The molecule has 5 nitrogen and oxygen atoms in total. The van der Waals surface area contributed by atoms with Crippen molar-refractivity contribution in [3.63, 3.8) is 0 Å². The molecule has 6 heteroatoms. The number of nitrogens with zero attached hydrogens (tertiary/aromatic N) is 4. The second kappa shape index (κ2) is 8.82. The molecule has 4 rings (SSSR count). The van der Waals surface area contributed by atoms with Crippen molar-refractivity contribution < 1.29 is 4.79 Å². The summed E-state index contributed by atoms with van der Waals surface area (Å²) in [6.07, 6.45) is 3.36. The minimum atomic E-state index is 0.179. The zero-order valence-electron chi connectivity index (χ0n) is 16.9. The number of likely N-dealkylation sites (tertiary alicyclic amines) is 1. The van der Waals surface area contributed by atoms with Gasteiger partial charge in [-0.25, -0.2) is 0 Å². The monoisotopic (exact) mass is 406 g/mol. The van der Waals surface area contributed by atoms with Crippen LogP contribution in [0.2, 0.25) is 0 Å². The first-order valence-corrected chi connectivity index (χ1v) is 11.1. The largest absolute Gasteiger partial charge is 0.337 e. The topological polar surface area (TPSA) is 51.0 Å². The Morgan fingerprint density at radius 2 is 1.59 bits per heavy atom. The summed E-state index contributed by atoms with van der Waals surface area (Å²) in [6, 6.07) is 20.7. The molecule has 0 unspecified atom stereocenters. The van der Waals surface area contributed by atoms with Crippen LogP contribution >= 0.6 is 11.8 Å². The summed E-state index contributed by atoms with van der Waals surface area (Å²) in [5, 5.41) is 9.62. The van der Waals surface area contributed by atoms with Crippen molar-refractivity contribution in [2.24, 2.45) is 0 Å². The van der Waals surface area contributed by atoms with Gasteiger partial charge < -0.3 is 4.90 Å². The van der Waals surface area contributed by atoms with Crippen molar-refractivity contribution in [2.75, 3.05) is 5.75 Å². The molecule has 0 N–H and O–H groups in total. The third-order valence-electron chi connectivity index (χ3n) is 5.49. The second-order valence-corrected chi connectivity index (χ2v) is 8.50. The molecular weight excluding hydrogens is 380 g/mol. The number of hydrogen-bond donors (Lipinski definition) is 0. The SMILES string of the molecule is C[C@H]1CCC[C@H](C)N1C(=O)CSc1nnc(-c2ccccc2)n1-c1ccccc1. The predicted octanol–water partition coefficient (Wildman–Crippen LogP) is 4.82. The number of carbonyl (C=O) groups is 1. The van der Waals surface area contributed by atoms with Gasteiger partial charge in [-0.1, -0.05) is 60.3 Å². The van der Waals surface area contributed by atoms with Gasteiger partial charge in [0.25, 0.3) is 0 Å². The van der Waals surface area contributed by atoms with Gasteiger partial charge in [0.05, 0.1) is 5.75 Å². The van der Waals surface area contributed by atoms with Gasteiger partial charge in [0.1, 0.15) is 0 Å². The molecule has 3 aromatic rings. The van der Waals surface area contributed by atoms with Crippen LogP contribution < -0.4 is 0 Å². The maximum atomic E-state index is 13.0. The number of carbonyl (C=O) groups excluding carboxylic acids is 1. The molecule has 0 aliphatic carbocycles. The zero-order chi connectivity index (χ0) is 20.2. The quantitative estimate of drug-likeness (QED) is 0.570. The van der Waals surface area contributed by atoms with Gasteiger partial charge in [-0.2, -0.15) is 0 Å². The molecule has 0 radical (unpaired) electrons. The van der Waals surface area contributed by atoms with E-state index >= 15 is 0 Å². The van der Waals surface area contributed by atoms with E-state index in [2.05, 4.69) is 28.9 Å². The molecule has 2 heterocycles. The van der Waals surface area contributed by atoms with E-state index in [1.165, 1.54) is 18.2 Å². The molecular formula is C23H26N4OS. The Hall–Kier alpha value is -2.60. The summed E-state index contributed by atoms with van der Waals surface area (Å²) < 4.78 is 2.04. The highest BCUT2D eigenvalue weighted by molar-refractivity contribution is 7.99. The lowest BCUT2D eigenvalue weighted by atomic mass is 9.98. The molecule has 1 aromatic heterocycles. The Balaban J connectivity index is 1.61. The highest BCUT2D eigenvalue weighted by Crippen LogP contribution is 2.29. The Kier molecular flexibility index (Phi) is 6.00. The fourth-order valence-corrected chi connectivity index (χ4v) is 4.88. The van der Waals surface area contributed by atoms with Gasteiger partial charge in [0.2, 0.25) is 5.91 Å². The van der Waals surface area contributed by atoms with E-state index < -0.39 is 0 Å². The summed E-state index contributed by atoms with van der Waals surface area (Å²) in [5.41, 5.74) is 1.99. The average Bonchev–Trinajstić information content (AvgIpc) is 3.17. The van der Waals surface area contributed by atoms with Crippen molar-refractivity contribution in [2.45, 2.75) is 50.4 Å². The van der Waals surface area contributed by atoms with E-state index in [-0.39, 0.29) is 5.91 Å². The normalized spacial score (nSPS) is 19.3. The smallest absolute Gasteiger partial charge is 0.233 e. The molecule has 1 amide bonds. The Bertz CT molecular complexity index is 948. The van der Waals surface area contributed by atoms with Crippen LogP contribution in [0.5, 0.6) is 0 Å². The number of thioether (sulfide) groups is 1. The molecule has 1 saturated heterocycles. The van der Waals surface area contributed by atoms with Crippen LogP contribution in [-0.2, 0) is 4.79 Å². The van der Waals surface area contributed by atoms with Crippen LogP contribution in [-0.4, -0.2) is 43.4 Å². The first-order valence-electron chi connectivity index (χ1n) is 10.2. The van der Waals surface area contributed by atoms with Crippen molar-refractivity contribution in [1.29, 1.82) is 0 Å². The zero-order valence-corrected chi connectivity index (χ0v) is 17.7. The van der Waals surface area contributed by atoms with Crippen LogP contribution in [0.4, 0.5) is 0 Å². The maximum Gasteiger partial charge on any atom is 0.233 e. The molecule has 29 heavy (non-hydrogen) atoms. The Labute approximate surface area is 176 Å². The van der Waals surface area contributed by atoms with Crippen molar-refractivity contribution in [1.82, 2.24) is 19.7 Å². The van der Waals surface area contributed by atoms with Gasteiger partial charge in [0, 0.05) is 23.3 Å². The molecule has 1 fully saturated rings. The molecule has 0 spiro atoms. The van der Waals surface area contributed by atoms with E-state index in [0.717, 1.165) is 35.1 Å². The van der Waals surface area contributed by atoms with E-state index in [1.54, 1.807) is 0 Å². The standard InChI is InChI=1S/C23H26N4OS/c1-17-10-9-11-18(2)26(17)21(28)16-29-23-25-24-22(19-12-5-3-6-13-19)27(23)20-14-7-4-8-15-20/h3-8,12-15,17-18H,9-11,16H2,1-2H3/t17-,18-/m0/s1. The summed E-state index contributed by atoms with van der Waals surface area (Å²) >= 11 is 1.46. The maximum absolute atomic E-state index is 13.0. The van der Waals surface area contributed by atoms with E-state index in [1.807, 2.05) is 65.2 Å². The lowest BCUT2D eigenvalue weighted by Gasteiger charge is -2.39. The van der Waals surface area contributed by atoms with Crippen LogP contribution in [0.1, 0.15) is 33.1 Å². The highest BCUT2D eigenvalue weighted by atomic mass is 32.2. The van der Waals surface area contributed by atoms with Crippen LogP contribution in [0.25, 0.3) is 17.1 Å². The fourth-order valence-electron chi connectivity index (χ4n) is 4.06. The van der Waals surface area contributed by atoms with Crippen LogP contribution in [0.3, 0.4) is 0 Å². The van der Waals surface area contributed by atoms with Gasteiger partial charge in [-0.15, -0.1) is 10.2 Å². The summed E-state index contributed by atoms with van der Waals surface area (Å²) in [6.45, 7) is 4.30. The van der Waals surface area contributed by atoms with Crippen LogP contribution in [0.15, 0.2) is 65.8 Å². The minimum absolute atomic E-state index is 0.179. The van der Waals surface area contributed by atoms with Crippen molar-refractivity contribution >= 4 is 17.7 Å². The molecule has 150 valence electrons. The minimum Gasteiger partial charge on any atom is -0.337 e. The average molecular weight is 407 g/mol. The third kappa shape index (κ3) is 4.22. The summed E-state index contributed by atoms with van der Waals surface area (Å²) in [5.74, 6) is 1.33. The third-order valence-corrected chi connectivity index (χ3v) is 6.40. The van der Waals surface area contributed by atoms with Crippen LogP contribution in [0, 0.1) is 0 Å². The second-order valence-electron chi connectivity index (χ2n) is 7.56. The number of benzene rings is 2. The number of aromatic nitrogens is 3. The molecule has 0 bridgehead atoms. The predicted molar refractivity (Wildman–Crippen MR) is 117 cm³/mol. The molecule has 0 saturated carbocycles. The Morgan fingerprint density at radius 3 is 2.24 bits per heavy atom. The lowest BCUT2D eigenvalue weighted by Crippen LogP contribution is -2.48. The molecule has 1 aliphatic heterocycles. The van der Waals surface area contributed by atoms with Gasteiger partial charge in [0.15, 0.2) is 11.0 Å². The van der Waals surface area contributed by atoms with E-state index in [9.17, 15) is 4.79 Å². The number of para-hydroxylation sites is 1. The number of amides is 1. The first-order chi connectivity index (χ1) is 14.1. The highest BCUT2D eigenvalue weighted by Gasteiger charge is 2.29. The molecule has 2 atom stereocenters. The summed E-state index contributed by atoms with van der Waals surface area (Å²) in [7, 11) is 0. The lowest BCUT2D eigenvalue weighted by molar-refractivity contribution is -0.134. The fraction of sp³-hybridized carbons (Fsp3) is 0.348. The van der Waals surface area contributed by atoms with Gasteiger partial charge >= 0.3 is 0 Å². The molecule has 2 aromatic carbocycles. The number of piperidine rings is 1. The van der Waals surface area contributed by atoms with E-state index in [0.29, 0.717) is 17.8 Å². The number of rotatable bonds is 5. The van der Waals surface area contributed by atoms with Gasteiger partial charge in [-0.05, 0) is 45.2 Å². The number of hydrogen-bond acceptors (Lipinski definition) is 4. The van der Waals surface area contributed by atoms with Crippen molar-refractivity contribution in [3.05, 3.63) is 60.7 Å². The summed E-state index contributed by atoms with van der Waals surface area (Å²) in [4.78, 5) is 15.0. The Morgan fingerprint density at radius 1 is 0.966 bits per heavy atom. The van der Waals surface area contributed by atoms with Gasteiger partial charge in [-0.3, -0.25) is 9.36 Å². The van der Waals surface area contributed by atoms with E-state index in [4.69, 9.17) is 0 Å². The first kappa shape index (κ1) is 19.7.